The van der Waals surface area contributed by atoms with Crippen molar-refractivity contribution >= 4 is 11.8 Å². The van der Waals surface area contributed by atoms with Crippen LogP contribution in [0, 0.1) is 6.92 Å². The number of primary amides is 1. The van der Waals surface area contributed by atoms with Gasteiger partial charge in [-0.2, -0.15) is 0 Å². The maximum Gasteiger partial charge on any atom is 0.290 e. The van der Waals surface area contributed by atoms with Gasteiger partial charge in [-0.05, 0) is 6.92 Å². The predicted molar refractivity (Wildman–Crippen MR) is 42.8 cm³/mol. The number of hydrogen-bond donors (Lipinski definition) is 2. The summed E-state index contributed by atoms with van der Waals surface area (Å²) in [5, 5.41) is 5.70. The van der Waals surface area contributed by atoms with E-state index in [1.54, 1.807) is 6.92 Å². The van der Waals surface area contributed by atoms with Crippen LogP contribution in [0.4, 0.5) is 0 Å². The largest absolute Gasteiger partial charge is 0.368 e. The van der Waals surface area contributed by atoms with Gasteiger partial charge in [0, 0.05) is 5.56 Å². The van der Waals surface area contributed by atoms with E-state index in [0.717, 1.165) is 0 Å². The third-order valence-electron chi connectivity index (χ3n) is 1.38. The number of aromatic nitrogens is 1. The Morgan fingerprint density at radius 3 is 2.85 bits per heavy atom. The van der Waals surface area contributed by atoms with Crippen molar-refractivity contribution in [2.75, 3.05) is 6.54 Å². The SMILES string of the molecule is Cc1cnoc1C(=O)NCC(N)=O. The Bertz CT molecular complexity index is 331. The zero-order chi connectivity index (χ0) is 9.84. The predicted octanol–water partition coefficient (Wildman–Crippen LogP) is -0.802. The van der Waals surface area contributed by atoms with E-state index in [0.29, 0.717) is 5.56 Å². The Hall–Kier alpha value is -1.85. The molecule has 0 bridgehead atoms. The first-order valence-electron chi connectivity index (χ1n) is 3.59. The number of nitrogens with two attached hydrogens (primary N) is 1. The van der Waals surface area contributed by atoms with Gasteiger partial charge >= 0.3 is 0 Å². The smallest absolute Gasteiger partial charge is 0.290 e. The van der Waals surface area contributed by atoms with Crippen LogP contribution in [-0.4, -0.2) is 23.5 Å². The topological polar surface area (TPSA) is 98.2 Å². The highest BCUT2D eigenvalue weighted by molar-refractivity contribution is 5.94. The Morgan fingerprint density at radius 2 is 2.38 bits per heavy atom. The molecule has 0 atom stereocenters. The molecule has 13 heavy (non-hydrogen) atoms. The van der Waals surface area contributed by atoms with E-state index in [1.165, 1.54) is 6.20 Å². The summed E-state index contributed by atoms with van der Waals surface area (Å²) >= 11 is 0. The lowest BCUT2D eigenvalue weighted by Crippen LogP contribution is -2.33. The van der Waals surface area contributed by atoms with Crippen molar-refractivity contribution in [3.05, 3.63) is 17.5 Å². The number of rotatable bonds is 3. The van der Waals surface area contributed by atoms with Crippen LogP contribution in [0.1, 0.15) is 16.1 Å². The van der Waals surface area contributed by atoms with E-state index < -0.39 is 11.8 Å². The molecule has 0 spiro atoms. The monoisotopic (exact) mass is 183 g/mol. The Balaban J connectivity index is 2.59. The van der Waals surface area contributed by atoms with Gasteiger partial charge < -0.3 is 15.6 Å². The number of hydrogen-bond acceptors (Lipinski definition) is 4. The van der Waals surface area contributed by atoms with Gasteiger partial charge in [-0.3, -0.25) is 9.59 Å². The zero-order valence-corrected chi connectivity index (χ0v) is 7.03. The molecule has 6 nitrogen and oxygen atoms in total. The second-order valence-corrected chi connectivity index (χ2v) is 2.49. The van der Waals surface area contributed by atoms with Crippen LogP contribution in [0.5, 0.6) is 0 Å². The molecule has 0 fully saturated rings. The molecule has 6 heteroatoms. The Kier molecular flexibility index (Phi) is 2.63. The van der Waals surface area contributed by atoms with E-state index in [-0.39, 0.29) is 12.3 Å². The van der Waals surface area contributed by atoms with Crippen molar-refractivity contribution in [3.8, 4) is 0 Å². The van der Waals surface area contributed by atoms with Gasteiger partial charge in [-0.15, -0.1) is 0 Å². The van der Waals surface area contributed by atoms with Gasteiger partial charge in [-0.1, -0.05) is 5.16 Å². The number of nitrogens with one attached hydrogen (secondary N) is 1. The third-order valence-corrected chi connectivity index (χ3v) is 1.38. The molecule has 70 valence electrons. The molecule has 1 heterocycles. The van der Waals surface area contributed by atoms with Gasteiger partial charge in [-0.25, -0.2) is 0 Å². The van der Waals surface area contributed by atoms with Crippen LogP contribution in [0.15, 0.2) is 10.7 Å². The van der Waals surface area contributed by atoms with Gasteiger partial charge in [0.2, 0.25) is 11.7 Å². The van der Waals surface area contributed by atoms with Crippen LogP contribution in [-0.2, 0) is 4.79 Å². The summed E-state index contributed by atoms with van der Waals surface area (Å²) in [5.74, 6) is -0.999. The minimum atomic E-state index is -0.606. The number of aryl methyl sites for hydroxylation is 1. The fourth-order valence-electron chi connectivity index (χ4n) is 0.757. The summed E-state index contributed by atoms with van der Waals surface area (Å²) in [4.78, 5) is 21.5. The first kappa shape index (κ1) is 9.24. The van der Waals surface area contributed by atoms with Crippen LogP contribution in [0.3, 0.4) is 0 Å². The molecule has 0 aromatic carbocycles. The fourth-order valence-corrected chi connectivity index (χ4v) is 0.757. The van der Waals surface area contributed by atoms with Crippen LogP contribution < -0.4 is 11.1 Å². The van der Waals surface area contributed by atoms with Crippen molar-refractivity contribution in [1.82, 2.24) is 10.5 Å². The molecule has 0 saturated heterocycles. The molecule has 0 aliphatic heterocycles. The molecule has 0 unspecified atom stereocenters. The van der Waals surface area contributed by atoms with Gasteiger partial charge in [0.1, 0.15) is 0 Å². The molecule has 0 saturated carbocycles. The lowest BCUT2D eigenvalue weighted by atomic mass is 10.3. The summed E-state index contributed by atoms with van der Waals surface area (Å²) < 4.78 is 4.64. The number of carbonyl (C=O) groups excluding carboxylic acids is 2. The normalized spacial score (nSPS) is 9.62. The highest BCUT2D eigenvalue weighted by atomic mass is 16.5. The number of nitrogens with zero attached hydrogens (tertiary/aromatic N) is 1. The van der Waals surface area contributed by atoms with Crippen LogP contribution >= 0.6 is 0 Å². The first-order chi connectivity index (χ1) is 6.11. The minimum Gasteiger partial charge on any atom is -0.368 e. The number of amides is 2. The summed E-state index contributed by atoms with van der Waals surface area (Å²) in [7, 11) is 0. The maximum atomic E-state index is 11.2. The van der Waals surface area contributed by atoms with Crippen LogP contribution in [0.25, 0.3) is 0 Å². The molecular formula is C7H9N3O3. The standard InChI is InChI=1S/C7H9N3O3/c1-4-2-10-13-6(4)7(12)9-3-5(8)11/h2H,3H2,1H3,(H2,8,11)(H,9,12). The molecule has 3 N–H and O–H groups in total. The Labute approximate surface area is 74.1 Å². The van der Waals surface area contributed by atoms with Crippen molar-refractivity contribution in [2.45, 2.75) is 6.92 Å². The van der Waals surface area contributed by atoms with Crippen molar-refractivity contribution in [2.24, 2.45) is 5.73 Å². The van der Waals surface area contributed by atoms with E-state index >= 15 is 0 Å². The second-order valence-electron chi connectivity index (χ2n) is 2.49. The highest BCUT2D eigenvalue weighted by Gasteiger charge is 2.13. The molecule has 0 aliphatic carbocycles. The summed E-state index contributed by atoms with van der Waals surface area (Å²) in [6.07, 6.45) is 1.42. The molecule has 1 rings (SSSR count). The average Bonchev–Trinajstić information content (AvgIpc) is 2.47. The molecule has 0 radical (unpaired) electrons. The van der Waals surface area contributed by atoms with Gasteiger partial charge in [0.15, 0.2) is 0 Å². The Morgan fingerprint density at radius 1 is 1.69 bits per heavy atom. The molecule has 1 aromatic heterocycles. The lowest BCUT2D eigenvalue weighted by molar-refractivity contribution is -0.117. The second kappa shape index (κ2) is 3.70. The van der Waals surface area contributed by atoms with E-state index in [2.05, 4.69) is 15.0 Å². The molecule has 2 amide bonds. The first-order valence-corrected chi connectivity index (χ1v) is 3.59. The number of carbonyl (C=O) groups is 2. The molecule has 0 aliphatic rings. The third kappa shape index (κ3) is 2.29. The lowest BCUT2D eigenvalue weighted by Gasteiger charge is -1.98. The van der Waals surface area contributed by atoms with Crippen molar-refractivity contribution < 1.29 is 14.1 Å². The zero-order valence-electron chi connectivity index (χ0n) is 7.03. The van der Waals surface area contributed by atoms with Crippen molar-refractivity contribution in [1.29, 1.82) is 0 Å². The van der Waals surface area contributed by atoms with Crippen molar-refractivity contribution in [3.63, 3.8) is 0 Å². The van der Waals surface area contributed by atoms with E-state index in [4.69, 9.17) is 5.73 Å². The van der Waals surface area contributed by atoms with Gasteiger partial charge in [0.25, 0.3) is 5.91 Å². The summed E-state index contributed by atoms with van der Waals surface area (Å²) in [6.45, 7) is 1.47. The van der Waals surface area contributed by atoms with Crippen LogP contribution in [0.2, 0.25) is 0 Å². The maximum absolute atomic E-state index is 11.2. The van der Waals surface area contributed by atoms with Gasteiger partial charge in [0.05, 0.1) is 12.7 Å². The summed E-state index contributed by atoms with van der Waals surface area (Å²) in [5.41, 5.74) is 5.45. The quantitative estimate of drug-likeness (QED) is 0.640. The highest BCUT2D eigenvalue weighted by Crippen LogP contribution is 2.04. The molecule has 1 aromatic rings. The minimum absolute atomic E-state index is 0.0984. The average molecular weight is 183 g/mol. The van der Waals surface area contributed by atoms with E-state index in [9.17, 15) is 9.59 Å². The fraction of sp³-hybridized carbons (Fsp3) is 0.286. The van der Waals surface area contributed by atoms with E-state index in [1.807, 2.05) is 0 Å². The summed E-state index contributed by atoms with van der Waals surface area (Å²) in [6, 6.07) is 0. The molecular weight excluding hydrogens is 174 g/mol.